The van der Waals surface area contributed by atoms with Gasteiger partial charge in [0.25, 0.3) is 5.78 Å². The lowest BCUT2D eigenvalue weighted by Crippen LogP contribution is -2.29. The number of rotatable bonds is 7. The quantitative estimate of drug-likeness (QED) is 0.127. The number of ketones is 1. The standard InChI is InChI=1S/C28H23ClN2O4S/c1-2-3-14-35-20-11-7-10-18(15-20)25(32)23-24(17-8-5-4-6-9-17)31(27(34)26(23)33)28-30-21-13-12-19(29)16-22(21)36-28/h4-13,15-16,24,32H,2-3,14H2,1H3/b25-23+. The molecule has 1 aromatic heterocycles. The van der Waals surface area contributed by atoms with E-state index in [0.717, 1.165) is 17.5 Å². The van der Waals surface area contributed by atoms with Crippen molar-refractivity contribution in [1.82, 2.24) is 4.98 Å². The Balaban J connectivity index is 1.63. The van der Waals surface area contributed by atoms with Gasteiger partial charge in [0.15, 0.2) is 5.13 Å². The second kappa shape index (κ2) is 10.1. The highest BCUT2D eigenvalue weighted by atomic mass is 35.5. The Bertz CT molecular complexity index is 1480. The van der Waals surface area contributed by atoms with Crippen molar-refractivity contribution in [3.63, 3.8) is 0 Å². The molecule has 0 saturated carbocycles. The fourth-order valence-corrected chi connectivity index (χ4v) is 5.46. The maximum Gasteiger partial charge on any atom is 0.301 e. The first kappa shape index (κ1) is 24.0. The highest BCUT2D eigenvalue weighted by Gasteiger charge is 2.48. The number of aliphatic hydroxyl groups excluding tert-OH is 1. The summed E-state index contributed by atoms with van der Waals surface area (Å²) in [6, 6.07) is 20.5. The number of thiazole rings is 1. The number of nitrogens with zero attached hydrogens (tertiary/aromatic N) is 2. The van der Waals surface area contributed by atoms with Gasteiger partial charge in [-0.25, -0.2) is 4.98 Å². The summed E-state index contributed by atoms with van der Waals surface area (Å²) >= 11 is 7.41. The lowest BCUT2D eigenvalue weighted by molar-refractivity contribution is -0.132. The molecule has 1 saturated heterocycles. The summed E-state index contributed by atoms with van der Waals surface area (Å²) < 4.78 is 6.57. The first-order valence-electron chi connectivity index (χ1n) is 11.6. The first-order chi connectivity index (χ1) is 17.5. The molecule has 1 unspecified atom stereocenters. The van der Waals surface area contributed by atoms with Crippen molar-refractivity contribution in [2.45, 2.75) is 25.8 Å². The summed E-state index contributed by atoms with van der Waals surface area (Å²) in [6.45, 7) is 2.63. The zero-order valence-electron chi connectivity index (χ0n) is 19.5. The molecule has 3 aromatic carbocycles. The third kappa shape index (κ3) is 4.47. The molecule has 1 amide bonds. The van der Waals surface area contributed by atoms with Crippen molar-refractivity contribution in [2.24, 2.45) is 0 Å². The zero-order valence-corrected chi connectivity index (χ0v) is 21.1. The maximum atomic E-state index is 13.4. The number of halogens is 1. The van der Waals surface area contributed by atoms with Crippen molar-refractivity contribution >= 4 is 55.7 Å². The number of unbranched alkanes of at least 4 members (excludes halogenated alkanes) is 1. The van der Waals surface area contributed by atoms with Crippen LogP contribution in [-0.4, -0.2) is 28.4 Å². The van der Waals surface area contributed by atoms with Gasteiger partial charge in [-0.3, -0.25) is 14.5 Å². The normalized spacial score (nSPS) is 17.2. The molecule has 4 aromatic rings. The van der Waals surface area contributed by atoms with E-state index in [0.29, 0.717) is 39.2 Å². The molecule has 1 fully saturated rings. The molecular formula is C28H23ClN2O4S. The minimum absolute atomic E-state index is 0.00852. The molecule has 0 radical (unpaired) electrons. The number of carbonyl (C=O) groups excluding carboxylic acids is 2. The molecular weight excluding hydrogens is 496 g/mol. The lowest BCUT2D eigenvalue weighted by atomic mass is 9.95. The summed E-state index contributed by atoms with van der Waals surface area (Å²) in [5, 5.41) is 12.3. The van der Waals surface area contributed by atoms with Gasteiger partial charge in [-0.2, -0.15) is 0 Å². The van der Waals surface area contributed by atoms with E-state index in [4.69, 9.17) is 16.3 Å². The van der Waals surface area contributed by atoms with Crippen LogP contribution >= 0.6 is 22.9 Å². The fourth-order valence-electron chi connectivity index (χ4n) is 4.19. The second-order valence-corrected chi connectivity index (χ2v) is 9.86. The number of carbonyl (C=O) groups is 2. The number of ether oxygens (including phenoxy) is 1. The molecule has 182 valence electrons. The molecule has 2 heterocycles. The van der Waals surface area contributed by atoms with Gasteiger partial charge in [-0.1, -0.05) is 78.7 Å². The topological polar surface area (TPSA) is 79.7 Å². The van der Waals surface area contributed by atoms with E-state index in [1.807, 2.05) is 30.3 Å². The minimum Gasteiger partial charge on any atom is -0.507 e. The number of aromatic nitrogens is 1. The lowest BCUT2D eigenvalue weighted by Gasteiger charge is -2.23. The Morgan fingerprint density at radius 1 is 1.08 bits per heavy atom. The summed E-state index contributed by atoms with van der Waals surface area (Å²) in [7, 11) is 0. The maximum absolute atomic E-state index is 13.4. The van der Waals surface area contributed by atoms with E-state index >= 15 is 0 Å². The van der Waals surface area contributed by atoms with Gasteiger partial charge in [0.1, 0.15) is 11.5 Å². The fraction of sp³-hybridized carbons (Fsp3) is 0.179. The number of anilines is 1. The predicted molar refractivity (Wildman–Crippen MR) is 143 cm³/mol. The Labute approximate surface area is 217 Å². The average Bonchev–Trinajstić information content (AvgIpc) is 3.42. The zero-order chi connectivity index (χ0) is 25.2. The number of aliphatic hydroxyl groups is 1. The van der Waals surface area contributed by atoms with Gasteiger partial charge < -0.3 is 9.84 Å². The highest BCUT2D eigenvalue weighted by molar-refractivity contribution is 7.22. The summed E-state index contributed by atoms with van der Waals surface area (Å²) in [5.41, 5.74) is 1.77. The number of hydrogen-bond donors (Lipinski definition) is 1. The Morgan fingerprint density at radius 2 is 1.89 bits per heavy atom. The van der Waals surface area contributed by atoms with E-state index in [2.05, 4.69) is 11.9 Å². The van der Waals surface area contributed by atoms with E-state index in [9.17, 15) is 14.7 Å². The van der Waals surface area contributed by atoms with Crippen LogP contribution < -0.4 is 9.64 Å². The van der Waals surface area contributed by atoms with Gasteiger partial charge >= 0.3 is 5.91 Å². The average molecular weight is 519 g/mol. The predicted octanol–water partition coefficient (Wildman–Crippen LogP) is 6.75. The summed E-state index contributed by atoms with van der Waals surface area (Å²) in [4.78, 5) is 32.7. The molecule has 1 atom stereocenters. The molecule has 0 bridgehead atoms. The Kier molecular flexibility index (Phi) is 6.76. The molecule has 6 nitrogen and oxygen atoms in total. The number of benzene rings is 3. The Morgan fingerprint density at radius 3 is 2.67 bits per heavy atom. The molecule has 0 aliphatic carbocycles. The van der Waals surface area contributed by atoms with Gasteiger partial charge in [0.2, 0.25) is 0 Å². The molecule has 0 spiro atoms. The third-order valence-electron chi connectivity index (χ3n) is 5.98. The summed E-state index contributed by atoms with van der Waals surface area (Å²) in [5.74, 6) is -1.18. The molecule has 8 heteroatoms. The van der Waals surface area contributed by atoms with Crippen LogP contribution in [-0.2, 0) is 9.59 Å². The highest BCUT2D eigenvalue weighted by Crippen LogP contribution is 2.44. The second-order valence-electron chi connectivity index (χ2n) is 8.42. The Hall–Kier alpha value is -3.68. The van der Waals surface area contributed by atoms with Crippen molar-refractivity contribution in [3.05, 3.63) is 94.5 Å². The van der Waals surface area contributed by atoms with Crippen LogP contribution in [0.2, 0.25) is 5.02 Å². The number of Topliss-reactive ketones (excluding diaryl/α,β-unsaturated/α-hetero) is 1. The molecule has 36 heavy (non-hydrogen) atoms. The molecule has 5 rings (SSSR count). The van der Waals surface area contributed by atoms with Crippen LogP contribution in [0.1, 0.15) is 36.9 Å². The van der Waals surface area contributed by atoms with Gasteiger partial charge in [0, 0.05) is 10.6 Å². The third-order valence-corrected chi connectivity index (χ3v) is 7.23. The molecule has 1 aliphatic heterocycles. The van der Waals surface area contributed by atoms with Crippen molar-refractivity contribution in [3.8, 4) is 5.75 Å². The number of hydrogen-bond acceptors (Lipinski definition) is 6. The monoisotopic (exact) mass is 518 g/mol. The number of fused-ring (bicyclic) bond motifs is 1. The van der Waals surface area contributed by atoms with Crippen LogP contribution in [0.3, 0.4) is 0 Å². The van der Waals surface area contributed by atoms with E-state index < -0.39 is 17.7 Å². The van der Waals surface area contributed by atoms with Crippen molar-refractivity contribution in [1.29, 1.82) is 0 Å². The van der Waals surface area contributed by atoms with Crippen LogP contribution in [0, 0.1) is 0 Å². The SMILES string of the molecule is CCCCOc1cccc(/C(O)=C2\C(=O)C(=O)N(c3nc4ccc(Cl)cc4s3)C2c2ccccc2)c1. The van der Waals surface area contributed by atoms with E-state index in [1.165, 1.54) is 16.2 Å². The van der Waals surface area contributed by atoms with Gasteiger partial charge in [-0.05, 0) is 42.3 Å². The summed E-state index contributed by atoms with van der Waals surface area (Å²) in [6.07, 6.45) is 1.90. The first-order valence-corrected chi connectivity index (χ1v) is 12.8. The smallest absolute Gasteiger partial charge is 0.301 e. The van der Waals surface area contributed by atoms with Crippen LogP contribution in [0.4, 0.5) is 5.13 Å². The van der Waals surface area contributed by atoms with E-state index in [1.54, 1.807) is 42.5 Å². The minimum atomic E-state index is -0.841. The van der Waals surface area contributed by atoms with Gasteiger partial charge in [-0.15, -0.1) is 0 Å². The van der Waals surface area contributed by atoms with Gasteiger partial charge in [0.05, 0.1) is 28.4 Å². The van der Waals surface area contributed by atoms with Crippen LogP contribution in [0.5, 0.6) is 5.75 Å². The van der Waals surface area contributed by atoms with E-state index in [-0.39, 0.29) is 11.3 Å². The number of amides is 1. The van der Waals surface area contributed by atoms with Crippen LogP contribution in [0.15, 0.2) is 78.4 Å². The van der Waals surface area contributed by atoms with Crippen molar-refractivity contribution in [2.75, 3.05) is 11.5 Å². The molecule has 1 aliphatic rings. The van der Waals surface area contributed by atoms with Crippen LogP contribution in [0.25, 0.3) is 16.0 Å². The largest absolute Gasteiger partial charge is 0.507 e. The van der Waals surface area contributed by atoms with Crippen molar-refractivity contribution < 1.29 is 19.4 Å². The molecule has 1 N–H and O–H groups in total.